The van der Waals surface area contributed by atoms with Gasteiger partial charge in [0.15, 0.2) is 0 Å². The number of aromatic nitrogens is 5. The minimum absolute atomic E-state index is 0.373. The second kappa shape index (κ2) is 8.16. The lowest BCUT2D eigenvalue weighted by Gasteiger charge is -2.08. The molecule has 3 aromatic heterocycles. The Kier molecular flexibility index (Phi) is 5.71. The fraction of sp³-hybridized carbons (Fsp3) is 0.474. The molecule has 0 saturated heterocycles. The van der Waals surface area contributed by atoms with Crippen molar-refractivity contribution in [2.75, 3.05) is 13.7 Å². The lowest BCUT2D eigenvalue weighted by molar-refractivity contribution is 0.193. The average Bonchev–Trinajstić information content (AvgIpc) is 3.02. The van der Waals surface area contributed by atoms with E-state index in [0.29, 0.717) is 12.5 Å². The van der Waals surface area contributed by atoms with E-state index >= 15 is 0 Å². The Bertz CT molecular complexity index is 828. The molecular weight excluding hydrogens is 314 g/mol. The van der Waals surface area contributed by atoms with Crippen LogP contribution in [0.2, 0.25) is 0 Å². The van der Waals surface area contributed by atoms with Crippen LogP contribution in [0.1, 0.15) is 49.9 Å². The van der Waals surface area contributed by atoms with E-state index in [0.717, 1.165) is 54.1 Å². The van der Waals surface area contributed by atoms with Gasteiger partial charge in [-0.2, -0.15) is 0 Å². The lowest BCUT2D eigenvalue weighted by Crippen LogP contribution is -2.03. The van der Waals surface area contributed by atoms with Gasteiger partial charge in [0.1, 0.15) is 11.3 Å². The van der Waals surface area contributed by atoms with Gasteiger partial charge in [-0.05, 0) is 38.8 Å². The van der Waals surface area contributed by atoms with Crippen LogP contribution in [0.15, 0.2) is 30.9 Å². The van der Waals surface area contributed by atoms with Crippen LogP contribution in [-0.2, 0) is 17.6 Å². The molecule has 3 heterocycles. The summed E-state index contributed by atoms with van der Waals surface area (Å²) in [7, 11) is 1.73. The van der Waals surface area contributed by atoms with Crippen LogP contribution in [-0.4, -0.2) is 38.2 Å². The minimum atomic E-state index is 0.373. The minimum Gasteiger partial charge on any atom is -0.385 e. The molecule has 0 amide bonds. The number of aryl methyl sites for hydroxylation is 1. The largest absolute Gasteiger partial charge is 0.385 e. The zero-order valence-electron chi connectivity index (χ0n) is 15.1. The maximum Gasteiger partial charge on any atom is 0.128 e. The molecule has 0 bridgehead atoms. The number of hydrogen-bond acceptors (Lipinski definition) is 5. The van der Waals surface area contributed by atoms with Crippen LogP contribution in [0.25, 0.3) is 11.0 Å². The highest BCUT2D eigenvalue weighted by atomic mass is 16.5. The summed E-state index contributed by atoms with van der Waals surface area (Å²) in [5.41, 5.74) is 4.05. The number of ether oxygens (including phenoxy) is 1. The van der Waals surface area contributed by atoms with E-state index in [9.17, 15) is 0 Å². The number of imidazole rings is 1. The first-order valence-electron chi connectivity index (χ1n) is 8.78. The predicted octanol–water partition coefficient (Wildman–Crippen LogP) is 3.36. The van der Waals surface area contributed by atoms with Crippen molar-refractivity contribution in [2.45, 2.75) is 45.6 Å². The Morgan fingerprint density at radius 1 is 1.12 bits per heavy atom. The van der Waals surface area contributed by atoms with Gasteiger partial charge in [-0.1, -0.05) is 0 Å². The molecule has 0 fully saturated rings. The van der Waals surface area contributed by atoms with Crippen LogP contribution >= 0.6 is 0 Å². The Balaban J connectivity index is 1.73. The van der Waals surface area contributed by atoms with E-state index in [1.165, 1.54) is 0 Å². The lowest BCUT2D eigenvalue weighted by atomic mass is 10.2. The van der Waals surface area contributed by atoms with Gasteiger partial charge in [-0.25, -0.2) is 15.0 Å². The maximum absolute atomic E-state index is 5.08. The average molecular weight is 339 g/mol. The molecule has 132 valence electrons. The molecule has 0 radical (unpaired) electrons. The first-order valence-corrected chi connectivity index (χ1v) is 8.78. The number of hydrogen-bond donors (Lipinski definition) is 0. The molecule has 0 atom stereocenters. The number of fused-ring (bicyclic) bond motifs is 1. The van der Waals surface area contributed by atoms with E-state index in [1.807, 2.05) is 24.8 Å². The van der Waals surface area contributed by atoms with Crippen LogP contribution in [0.4, 0.5) is 0 Å². The van der Waals surface area contributed by atoms with Crippen molar-refractivity contribution in [1.82, 2.24) is 24.5 Å². The summed E-state index contributed by atoms with van der Waals surface area (Å²) in [6.45, 7) is 5.09. The monoisotopic (exact) mass is 339 g/mol. The SMILES string of the molecule is COCCCCc1nccc(Cc2cc3c(cn2)ncn3C(C)C)n1. The van der Waals surface area contributed by atoms with Gasteiger partial charge in [0.2, 0.25) is 0 Å². The first-order chi connectivity index (χ1) is 12.2. The van der Waals surface area contributed by atoms with Crippen molar-refractivity contribution in [3.63, 3.8) is 0 Å². The van der Waals surface area contributed by atoms with Crippen molar-refractivity contribution >= 4 is 11.0 Å². The molecule has 0 aromatic carbocycles. The summed E-state index contributed by atoms with van der Waals surface area (Å²) in [6, 6.07) is 4.45. The topological polar surface area (TPSA) is 65.7 Å². The van der Waals surface area contributed by atoms with E-state index in [4.69, 9.17) is 4.74 Å². The van der Waals surface area contributed by atoms with E-state index < -0.39 is 0 Å². The van der Waals surface area contributed by atoms with E-state index in [1.54, 1.807) is 7.11 Å². The Morgan fingerprint density at radius 3 is 2.80 bits per heavy atom. The van der Waals surface area contributed by atoms with Crippen molar-refractivity contribution in [3.8, 4) is 0 Å². The smallest absolute Gasteiger partial charge is 0.128 e. The molecule has 0 aliphatic heterocycles. The summed E-state index contributed by atoms with van der Waals surface area (Å²) in [5, 5.41) is 0. The van der Waals surface area contributed by atoms with Crippen LogP contribution in [0, 0.1) is 0 Å². The zero-order valence-corrected chi connectivity index (χ0v) is 15.1. The molecule has 3 aromatic rings. The molecule has 3 rings (SSSR count). The molecule has 0 aliphatic carbocycles. The second-order valence-corrected chi connectivity index (χ2v) is 6.50. The molecule has 6 nitrogen and oxygen atoms in total. The second-order valence-electron chi connectivity index (χ2n) is 6.50. The predicted molar refractivity (Wildman–Crippen MR) is 97.6 cm³/mol. The number of nitrogens with zero attached hydrogens (tertiary/aromatic N) is 5. The van der Waals surface area contributed by atoms with Gasteiger partial charge in [-0.15, -0.1) is 0 Å². The third-order valence-corrected chi connectivity index (χ3v) is 4.20. The molecule has 0 spiro atoms. The highest BCUT2D eigenvalue weighted by molar-refractivity contribution is 5.74. The Labute approximate surface area is 148 Å². The highest BCUT2D eigenvalue weighted by Crippen LogP contribution is 2.18. The fourth-order valence-electron chi connectivity index (χ4n) is 2.86. The first kappa shape index (κ1) is 17.5. The van der Waals surface area contributed by atoms with Crippen molar-refractivity contribution in [2.24, 2.45) is 0 Å². The molecule has 0 aliphatic rings. The van der Waals surface area contributed by atoms with Crippen LogP contribution in [0.5, 0.6) is 0 Å². The number of unbranched alkanes of at least 4 members (excludes halogenated alkanes) is 1. The third-order valence-electron chi connectivity index (χ3n) is 4.20. The molecule has 0 unspecified atom stereocenters. The molecular formula is C19H25N5O. The van der Waals surface area contributed by atoms with Gasteiger partial charge >= 0.3 is 0 Å². The Hall–Kier alpha value is -2.34. The molecule has 25 heavy (non-hydrogen) atoms. The molecule has 6 heteroatoms. The number of methoxy groups -OCH3 is 1. The normalized spacial score (nSPS) is 11.5. The van der Waals surface area contributed by atoms with Crippen molar-refractivity contribution in [1.29, 1.82) is 0 Å². The molecule has 0 saturated carbocycles. The zero-order chi connectivity index (χ0) is 17.6. The highest BCUT2D eigenvalue weighted by Gasteiger charge is 2.09. The molecule has 0 N–H and O–H groups in total. The van der Waals surface area contributed by atoms with E-state index in [2.05, 4.69) is 44.4 Å². The summed E-state index contributed by atoms with van der Waals surface area (Å²) in [6.07, 6.45) is 9.21. The standard InChI is InChI=1S/C19H25N5O/c1-14(2)24-13-22-17-12-21-16(11-18(17)24)10-15-7-8-20-19(23-15)6-4-5-9-25-3/h7-8,11-14H,4-6,9-10H2,1-3H3. The van der Waals surface area contributed by atoms with Gasteiger partial charge < -0.3 is 9.30 Å². The summed E-state index contributed by atoms with van der Waals surface area (Å²) < 4.78 is 7.25. The number of pyridine rings is 1. The van der Waals surface area contributed by atoms with Crippen LogP contribution < -0.4 is 0 Å². The van der Waals surface area contributed by atoms with Gasteiger partial charge in [0, 0.05) is 44.5 Å². The summed E-state index contributed by atoms with van der Waals surface area (Å²) in [4.78, 5) is 18.0. The van der Waals surface area contributed by atoms with Gasteiger partial charge in [-0.3, -0.25) is 4.98 Å². The van der Waals surface area contributed by atoms with Gasteiger partial charge in [0.25, 0.3) is 0 Å². The third kappa shape index (κ3) is 4.39. The summed E-state index contributed by atoms with van der Waals surface area (Å²) >= 11 is 0. The van der Waals surface area contributed by atoms with E-state index in [-0.39, 0.29) is 0 Å². The maximum atomic E-state index is 5.08. The van der Waals surface area contributed by atoms with Gasteiger partial charge in [0.05, 0.1) is 23.7 Å². The number of rotatable bonds is 8. The quantitative estimate of drug-likeness (QED) is 0.589. The Morgan fingerprint density at radius 2 is 2.00 bits per heavy atom. The summed E-state index contributed by atoms with van der Waals surface area (Å²) in [5.74, 6) is 0.891. The van der Waals surface area contributed by atoms with Crippen molar-refractivity contribution in [3.05, 3.63) is 48.1 Å². The van der Waals surface area contributed by atoms with Crippen LogP contribution in [0.3, 0.4) is 0 Å². The fourth-order valence-corrected chi connectivity index (χ4v) is 2.86. The van der Waals surface area contributed by atoms with Crippen molar-refractivity contribution < 1.29 is 4.74 Å².